The average Bonchev–Trinajstić information content (AvgIpc) is 2.87. The lowest BCUT2D eigenvalue weighted by molar-refractivity contribution is 0.149. The fourth-order valence-corrected chi connectivity index (χ4v) is 2.31. The summed E-state index contributed by atoms with van der Waals surface area (Å²) in [5.74, 6) is 0.938. The van der Waals surface area contributed by atoms with E-state index in [4.69, 9.17) is 20.5 Å². The van der Waals surface area contributed by atoms with Gasteiger partial charge in [-0.3, -0.25) is 0 Å². The lowest BCUT2D eigenvalue weighted by Crippen LogP contribution is -2.22. The Bertz CT molecular complexity index is 725. The molecule has 2 N–H and O–H groups in total. The van der Waals surface area contributed by atoms with Crippen molar-refractivity contribution in [3.05, 3.63) is 53.3 Å². The molecule has 5 heteroatoms. The zero-order valence-corrected chi connectivity index (χ0v) is 11.2. The Morgan fingerprint density at radius 2 is 2.19 bits per heavy atom. The molecule has 0 spiro atoms. The van der Waals surface area contributed by atoms with Crippen molar-refractivity contribution in [1.29, 1.82) is 5.26 Å². The third-order valence-electron chi connectivity index (χ3n) is 3.33. The number of nitrogen functional groups attached to an aromatic ring is 1. The van der Waals surface area contributed by atoms with Gasteiger partial charge in [-0.1, -0.05) is 0 Å². The SMILES string of the molecule is N#Cc1ccc(OCC2Cc3cc(F)ccc3O2)c(N)c1. The number of nitrogens with zero attached hydrogens (tertiary/aromatic N) is 1. The Hall–Kier alpha value is -2.74. The van der Waals surface area contributed by atoms with E-state index in [1.54, 1.807) is 24.3 Å². The number of hydrogen-bond donors (Lipinski definition) is 1. The minimum atomic E-state index is -0.268. The zero-order chi connectivity index (χ0) is 14.8. The van der Waals surface area contributed by atoms with Crippen LogP contribution in [0.5, 0.6) is 11.5 Å². The van der Waals surface area contributed by atoms with Crippen LogP contribution in [0.15, 0.2) is 36.4 Å². The number of rotatable bonds is 3. The van der Waals surface area contributed by atoms with E-state index in [-0.39, 0.29) is 11.9 Å². The number of hydrogen-bond acceptors (Lipinski definition) is 4. The first-order valence-corrected chi connectivity index (χ1v) is 6.53. The smallest absolute Gasteiger partial charge is 0.142 e. The highest BCUT2D eigenvalue weighted by Gasteiger charge is 2.24. The van der Waals surface area contributed by atoms with E-state index in [9.17, 15) is 4.39 Å². The van der Waals surface area contributed by atoms with Gasteiger partial charge in [0.15, 0.2) is 0 Å². The van der Waals surface area contributed by atoms with Crippen LogP contribution in [-0.2, 0) is 6.42 Å². The zero-order valence-electron chi connectivity index (χ0n) is 11.2. The average molecular weight is 284 g/mol. The molecule has 0 fully saturated rings. The standard InChI is InChI=1S/C16H13FN2O2/c17-12-2-4-15-11(6-12)7-13(21-15)9-20-16-3-1-10(8-18)5-14(16)19/h1-6,13H,7,9,19H2. The second kappa shape index (κ2) is 5.33. The molecule has 2 aromatic carbocycles. The summed E-state index contributed by atoms with van der Waals surface area (Å²) in [5.41, 5.74) is 7.56. The number of anilines is 1. The lowest BCUT2D eigenvalue weighted by atomic mass is 10.1. The molecule has 0 radical (unpaired) electrons. The van der Waals surface area contributed by atoms with Crippen molar-refractivity contribution < 1.29 is 13.9 Å². The molecule has 0 amide bonds. The van der Waals surface area contributed by atoms with Gasteiger partial charge in [-0.15, -0.1) is 0 Å². The lowest BCUT2D eigenvalue weighted by Gasteiger charge is -2.13. The predicted octanol–water partition coefficient (Wildman–Crippen LogP) is 2.66. The molecule has 0 aromatic heterocycles. The number of nitrogens with two attached hydrogens (primary N) is 1. The van der Waals surface area contributed by atoms with E-state index in [1.807, 2.05) is 6.07 Å². The molecule has 2 aromatic rings. The number of ether oxygens (including phenoxy) is 2. The minimum Gasteiger partial charge on any atom is -0.488 e. The van der Waals surface area contributed by atoms with Gasteiger partial charge >= 0.3 is 0 Å². The largest absolute Gasteiger partial charge is 0.488 e. The van der Waals surface area contributed by atoms with Gasteiger partial charge in [-0.2, -0.15) is 5.26 Å². The number of fused-ring (bicyclic) bond motifs is 1. The first kappa shape index (κ1) is 13.3. The molecule has 0 saturated heterocycles. The van der Waals surface area contributed by atoms with Gasteiger partial charge < -0.3 is 15.2 Å². The van der Waals surface area contributed by atoms with Crippen molar-refractivity contribution >= 4 is 5.69 Å². The molecule has 3 rings (SSSR count). The molecular formula is C16H13FN2O2. The van der Waals surface area contributed by atoms with Crippen LogP contribution in [0.4, 0.5) is 10.1 Å². The van der Waals surface area contributed by atoms with Crippen LogP contribution in [0.1, 0.15) is 11.1 Å². The monoisotopic (exact) mass is 284 g/mol. The van der Waals surface area contributed by atoms with Crippen molar-refractivity contribution in [2.24, 2.45) is 0 Å². The first-order valence-electron chi connectivity index (χ1n) is 6.53. The maximum Gasteiger partial charge on any atom is 0.142 e. The van der Waals surface area contributed by atoms with E-state index in [0.717, 1.165) is 5.56 Å². The number of halogens is 1. The highest BCUT2D eigenvalue weighted by atomic mass is 19.1. The third-order valence-corrected chi connectivity index (χ3v) is 3.33. The maximum absolute atomic E-state index is 13.1. The van der Waals surface area contributed by atoms with Crippen LogP contribution < -0.4 is 15.2 Å². The van der Waals surface area contributed by atoms with E-state index >= 15 is 0 Å². The summed E-state index contributed by atoms with van der Waals surface area (Å²) >= 11 is 0. The van der Waals surface area contributed by atoms with Crippen LogP contribution >= 0.6 is 0 Å². The quantitative estimate of drug-likeness (QED) is 0.880. The summed E-state index contributed by atoms with van der Waals surface area (Å²) in [4.78, 5) is 0. The molecule has 1 aliphatic rings. The Kier molecular flexibility index (Phi) is 3.36. The van der Waals surface area contributed by atoms with Gasteiger partial charge in [0.1, 0.15) is 30.0 Å². The third kappa shape index (κ3) is 2.75. The van der Waals surface area contributed by atoms with Crippen LogP contribution in [-0.4, -0.2) is 12.7 Å². The fourth-order valence-electron chi connectivity index (χ4n) is 2.31. The van der Waals surface area contributed by atoms with Crippen molar-refractivity contribution in [1.82, 2.24) is 0 Å². The molecule has 21 heavy (non-hydrogen) atoms. The van der Waals surface area contributed by atoms with Crippen molar-refractivity contribution in [2.45, 2.75) is 12.5 Å². The van der Waals surface area contributed by atoms with Crippen LogP contribution in [0.3, 0.4) is 0 Å². The Morgan fingerprint density at radius 1 is 1.33 bits per heavy atom. The van der Waals surface area contributed by atoms with E-state index in [1.165, 1.54) is 12.1 Å². The molecule has 106 valence electrons. The minimum absolute atomic E-state index is 0.170. The van der Waals surface area contributed by atoms with Gasteiger partial charge in [0.25, 0.3) is 0 Å². The summed E-state index contributed by atoms with van der Waals surface area (Å²) in [6.07, 6.45) is 0.431. The van der Waals surface area contributed by atoms with Crippen LogP contribution in [0.2, 0.25) is 0 Å². The molecular weight excluding hydrogens is 271 g/mol. The van der Waals surface area contributed by atoms with E-state index < -0.39 is 0 Å². The molecule has 1 heterocycles. The molecule has 1 aliphatic heterocycles. The van der Waals surface area contributed by atoms with Crippen molar-refractivity contribution in [3.8, 4) is 17.6 Å². The second-order valence-electron chi connectivity index (χ2n) is 4.87. The summed E-state index contributed by atoms with van der Waals surface area (Å²) in [6.45, 7) is 0.312. The Balaban J connectivity index is 1.64. The summed E-state index contributed by atoms with van der Waals surface area (Å²) in [6, 6.07) is 11.4. The predicted molar refractivity (Wildman–Crippen MR) is 75.6 cm³/mol. The summed E-state index contributed by atoms with van der Waals surface area (Å²) in [5, 5.41) is 8.78. The van der Waals surface area contributed by atoms with Crippen molar-refractivity contribution in [2.75, 3.05) is 12.3 Å². The molecule has 0 bridgehead atoms. The van der Waals surface area contributed by atoms with E-state index in [0.29, 0.717) is 35.8 Å². The highest BCUT2D eigenvalue weighted by molar-refractivity contribution is 5.56. The Labute approximate surface area is 121 Å². The highest BCUT2D eigenvalue weighted by Crippen LogP contribution is 2.30. The van der Waals surface area contributed by atoms with Crippen molar-refractivity contribution in [3.63, 3.8) is 0 Å². The number of benzene rings is 2. The Morgan fingerprint density at radius 3 is 2.95 bits per heavy atom. The normalized spacial score (nSPS) is 15.9. The molecule has 0 aliphatic carbocycles. The van der Waals surface area contributed by atoms with Gasteiger partial charge in [0.2, 0.25) is 0 Å². The van der Waals surface area contributed by atoms with Crippen LogP contribution in [0.25, 0.3) is 0 Å². The van der Waals surface area contributed by atoms with Gasteiger partial charge in [0, 0.05) is 12.0 Å². The molecule has 4 nitrogen and oxygen atoms in total. The summed E-state index contributed by atoms with van der Waals surface area (Å²) in [7, 11) is 0. The topological polar surface area (TPSA) is 68.3 Å². The van der Waals surface area contributed by atoms with Gasteiger partial charge in [-0.05, 0) is 36.4 Å². The molecule has 1 unspecified atom stereocenters. The maximum atomic E-state index is 13.1. The van der Waals surface area contributed by atoms with Crippen LogP contribution in [0, 0.1) is 17.1 Å². The van der Waals surface area contributed by atoms with E-state index in [2.05, 4.69) is 0 Å². The molecule has 1 atom stereocenters. The second-order valence-corrected chi connectivity index (χ2v) is 4.87. The first-order chi connectivity index (χ1) is 10.2. The summed E-state index contributed by atoms with van der Waals surface area (Å²) < 4.78 is 24.4. The van der Waals surface area contributed by atoms with Gasteiger partial charge in [0.05, 0.1) is 17.3 Å². The molecule has 0 saturated carbocycles. The van der Waals surface area contributed by atoms with Gasteiger partial charge in [-0.25, -0.2) is 4.39 Å². The number of nitriles is 1. The fraction of sp³-hybridized carbons (Fsp3) is 0.188.